The van der Waals surface area contributed by atoms with Crippen LogP contribution in [0.4, 0.5) is 0 Å². The average molecular weight is 428 g/mol. The highest BCUT2D eigenvalue weighted by Gasteiger charge is 2.37. The number of carbonyl (C=O) groups excluding carboxylic acids is 1. The van der Waals surface area contributed by atoms with Gasteiger partial charge in [-0.15, -0.1) is 10.2 Å². The van der Waals surface area contributed by atoms with Crippen molar-refractivity contribution in [1.82, 2.24) is 29.9 Å². The van der Waals surface area contributed by atoms with Gasteiger partial charge in [0.15, 0.2) is 11.3 Å². The van der Waals surface area contributed by atoms with Crippen LogP contribution in [0, 0.1) is 5.92 Å². The Morgan fingerprint density at radius 3 is 3.06 bits per heavy atom. The number of nitrogens with zero attached hydrogens (tertiary/aromatic N) is 4. The molecule has 8 nitrogen and oxygen atoms in total. The summed E-state index contributed by atoms with van der Waals surface area (Å²) in [6.07, 6.45) is 8.46. The molecule has 5 aromatic rings. The highest BCUT2D eigenvalue weighted by molar-refractivity contribution is 5.87. The van der Waals surface area contributed by atoms with Crippen LogP contribution in [-0.4, -0.2) is 36.5 Å². The quantitative estimate of drug-likeness (QED) is 0.441. The minimum atomic E-state index is 0.0281. The standard InChI is InChI=1S/C24H24N6O2/c1-2-14-9-16(27-22(31)10-15-13-32-20-6-4-3-5-17(15)20)11-18(14)24-29-28-21-12-26-23-19(30(21)24)7-8-25-23/h3-8,12-14,16,18,25H,2,9-11H2,1H3,(H,27,31)/t14-,16+,18+/m1/s1. The van der Waals surface area contributed by atoms with E-state index < -0.39 is 0 Å². The van der Waals surface area contributed by atoms with Gasteiger partial charge in [-0.1, -0.05) is 31.5 Å². The smallest absolute Gasteiger partial charge is 0.224 e. The Labute approximate surface area is 184 Å². The maximum absolute atomic E-state index is 12.9. The second-order valence-electron chi connectivity index (χ2n) is 8.67. The van der Waals surface area contributed by atoms with E-state index in [1.807, 2.05) is 36.5 Å². The average Bonchev–Trinajstić information content (AvgIpc) is 3.58. The van der Waals surface area contributed by atoms with E-state index in [9.17, 15) is 4.79 Å². The van der Waals surface area contributed by atoms with Gasteiger partial charge in [0.2, 0.25) is 5.91 Å². The van der Waals surface area contributed by atoms with Gasteiger partial charge in [-0.2, -0.15) is 0 Å². The number of carbonyl (C=O) groups is 1. The maximum atomic E-state index is 12.9. The molecule has 8 heteroatoms. The first-order valence-electron chi connectivity index (χ1n) is 11.1. The normalized spacial score (nSPS) is 21.1. The van der Waals surface area contributed by atoms with Gasteiger partial charge in [-0.3, -0.25) is 9.20 Å². The van der Waals surface area contributed by atoms with Crippen LogP contribution in [0.1, 0.15) is 43.5 Å². The molecule has 0 radical (unpaired) electrons. The van der Waals surface area contributed by atoms with Crippen LogP contribution in [-0.2, 0) is 11.2 Å². The first-order chi connectivity index (χ1) is 15.7. The van der Waals surface area contributed by atoms with E-state index in [1.165, 1.54) is 0 Å². The minimum Gasteiger partial charge on any atom is -0.464 e. The summed E-state index contributed by atoms with van der Waals surface area (Å²) in [6, 6.07) is 9.94. The fraction of sp³-hybridized carbons (Fsp3) is 0.333. The van der Waals surface area contributed by atoms with Gasteiger partial charge in [0.05, 0.1) is 24.4 Å². The zero-order valence-electron chi connectivity index (χ0n) is 17.8. The van der Waals surface area contributed by atoms with Crippen molar-refractivity contribution < 1.29 is 9.21 Å². The van der Waals surface area contributed by atoms with Crippen molar-refractivity contribution in [3.05, 3.63) is 60.4 Å². The first kappa shape index (κ1) is 19.0. The Bertz CT molecular complexity index is 1430. The number of para-hydroxylation sites is 1. The lowest BCUT2D eigenvalue weighted by Crippen LogP contribution is -2.34. The lowest BCUT2D eigenvalue weighted by atomic mass is 9.93. The summed E-state index contributed by atoms with van der Waals surface area (Å²) in [5.41, 5.74) is 4.29. The minimum absolute atomic E-state index is 0.0281. The predicted octanol–water partition coefficient (Wildman–Crippen LogP) is 3.98. The monoisotopic (exact) mass is 428 g/mol. The molecule has 6 rings (SSSR count). The molecule has 2 N–H and O–H groups in total. The lowest BCUT2D eigenvalue weighted by Gasteiger charge is -2.15. The summed E-state index contributed by atoms with van der Waals surface area (Å²) in [5, 5.41) is 13.2. The van der Waals surface area contributed by atoms with E-state index in [4.69, 9.17) is 4.42 Å². The van der Waals surface area contributed by atoms with E-state index in [0.29, 0.717) is 12.3 Å². The predicted molar refractivity (Wildman–Crippen MR) is 120 cm³/mol. The third kappa shape index (κ3) is 3.05. The van der Waals surface area contributed by atoms with Gasteiger partial charge >= 0.3 is 0 Å². The van der Waals surface area contributed by atoms with E-state index >= 15 is 0 Å². The molecule has 1 aliphatic rings. The summed E-state index contributed by atoms with van der Waals surface area (Å²) in [7, 11) is 0. The molecule has 1 saturated carbocycles. The molecular weight excluding hydrogens is 404 g/mol. The molecule has 0 unspecified atom stereocenters. The number of nitrogens with one attached hydrogen (secondary N) is 2. The van der Waals surface area contributed by atoms with Gasteiger partial charge in [0.1, 0.15) is 11.4 Å². The van der Waals surface area contributed by atoms with Crippen molar-refractivity contribution in [2.24, 2.45) is 5.92 Å². The SMILES string of the molecule is CC[C@@H]1C[C@H](NC(=O)Cc2coc3ccccc23)C[C@@H]1c1nnc2cnc3[nH]ccc3n12. The second-order valence-corrected chi connectivity index (χ2v) is 8.67. The summed E-state index contributed by atoms with van der Waals surface area (Å²) in [5.74, 6) is 1.65. The van der Waals surface area contributed by atoms with Crippen molar-refractivity contribution in [3.8, 4) is 0 Å². The van der Waals surface area contributed by atoms with Crippen LogP contribution in [0.25, 0.3) is 27.8 Å². The molecule has 162 valence electrons. The van der Waals surface area contributed by atoms with Crippen LogP contribution in [0.5, 0.6) is 0 Å². The Balaban J connectivity index is 1.23. The number of furan rings is 1. The fourth-order valence-electron chi connectivity index (χ4n) is 5.27. The Morgan fingerprint density at radius 2 is 2.16 bits per heavy atom. The number of hydrogen-bond acceptors (Lipinski definition) is 5. The highest BCUT2D eigenvalue weighted by atomic mass is 16.3. The molecule has 3 atom stereocenters. The van der Waals surface area contributed by atoms with Gasteiger partial charge in [-0.05, 0) is 30.9 Å². The molecule has 0 bridgehead atoms. The number of aromatic amines is 1. The molecular formula is C24H24N6O2. The number of rotatable bonds is 5. The molecule has 1 aromatic carbocycles. The number of benzene rings is 1. The van der Waals surface area contributed by atoms with Crippen LogP contribution < -0.4 is 5.32 Å². The number of H-pyrrole nitrogens is 1. The second kappa shape index (κ2) is 7.47. The van der Waals surface area contributed by atoms with E-state index in [1.54, 1.807) is 12.5 Å². The Morgan fingerprint density at radius 1 is 1.25 bits per heavy atom. The van der Waals surface area contributed by atoms with Gasteiger partial charge in [-0.25, -0.2) is 4.98 Å². The van der Waals surface area contributed by atoms with Crippen LogP contribution in [0.15, 0.2) is 53.4 Å². The van der Waals surface area contributed by atoms with E-state index in [2.05, 4.69) is 36.8 Å². The zero-order valence-corrected chi connectivity index (χ0v) is 17.8. The van der Waals surface area contributed by atoms with Gasteiger partial charge in [0.25, 0.3) is 0 Å². The van der Waals surface area contributed by atoms with E-state index in [-0.39, 0.29) is 17.9 Å². The van der Waals surface area contributed by atoms with Crippen molar-refractivity contribution >= 4 is 33.7 Å². The van der Waals surface area contributed by atoms with Crippen LogP contribution >= 0.6 is 0 Å². The molecule has 0 saturated heterocycles. The largest absolute Gasteiger partial charge is 0.464 e. The molecule has 1 fully saturated rings. The summed E-state index contributed by atoms with van der Waals surface area (Å²) in [6.45, 7) is 2.20. The highest BCUT2D eigenvalue weighted by Crippen LogP contribution is 2.41. The third-order valence-electron chi connectivity index (χ3n) is 6.80. The third-order valence-corrected chi connectivity index (χ3v) is 6.80. The number of hydrogen-bond donors (Lipinski definition) is 2. The van der Waals surface area contributed by atoms with Crippen LogP contribution in [0.3, 0.4) is 0 Å². The molecule has 0 aliphatic heterocycles. The van der Waals surface area contributed by atoms with Crippen molar-refractivity contribution in [3.63, 3.8) is 0 Å². The van der Waals surface area contributed by atoms with Gasteiger partial charge in [0, 0.05) is 29.1 Å². The first-order valence-corrected chi connectivity index (χ1v) is 11.1. The summed E-state index contributed by atoms with van der Waals surface area (Å²) < 4.78 is 7.69. The molecule has 4 aromatic heterocycles. The molecule has 1 aliphatic carbocycles. The molecule has 0 spiro atoms. The maximum Gasteiger partial charge on any atom is 0.224 e. The summed E-state index contributed by atoms with van der Waals surface area (Å²) in [4.78, 5) is 20.4. The van der Waals surface area contributed by atoms with Gasteiger partial charge < -0.3 is 14.7 Å². The number of fused-ring (bicyclic) bond motifs is 4. The lowest BCUT2D eigenvalue weighted by molar-refractivity contribution is -0.121. The number of amides is 1. The Kier molecular flexibility index (Phi) is 4.45. The molecule has 32 heavy (non-hydrogen) atoms. The molecule has 4 heterocycles. The van der Waals surface area contributed by atoms with E-state index in [0.717, 1.165) is 58.4 Å². The Hall–Kier alpha value is -3.68. The zero-order chi connectivity index (χ0) is 21.7. The van der Waals surface area contributed by atoms with Crippen molar-refractivity contribution in [1.29, 1.82) is 0 Å². The summed E-state index contributed by atoms with van der Waals surface area (Å²) >= 11 is 0. The molecule has 1 amide bonds. The number of aromatic nitrogens is 5. The topological polar surface area (TPSA) is 101 Å². The fourth-order valence-corrected chi connectivity index (χ4v) is 5.27. The van der Waals surface area contributed by atoms with Crippen LogP contribution in [0.2, 0.25) is 0 Å². The van der Waals surface area contributed by atoms with Crippen molar-refractivity contribution in [2.75, 3.05) is 0 Å². The van der Waals surface area contributed by atoms with Crippen molar-refractivity contribution in [2.45, 2.75) is 44.6 Å².